The molecule has 5 nitrogen and oxygen atoms in total. The predicted octanol–water partition coefficient (Wildman–Crippen LogP) is 2.47. The van der Waals surface area contributed by atoms with Crippen LogP contribution < -0.4 is 5.32 Å². The molecule has 23 heavy (non-hydrogen) atoms. The van der Waals surface area contributed by atoms with Crippen molar-refractivity contribution in [3.63, 3.8) is 0 Å². The van der Waals surface area contributed by atoms with Gasteiger partial charge < -0.3 is 5.32 Å². The summed E-state index contributed by atoms with van der Waals surface area (Å²) in [5, 5.41) is 2.97. The molecule has 0 fully saturated rings. The summed E-state index contributed by atoms with van der Waals surface area (Å²) in [5.41, 5.74) is 0.887. The molecule has 0 saturated heterocycles. The van der Waals surface area contributed by atoms with E-state index in [-0.39, 0.29) is 16.8 Å². The summed E-state index contributed by atoms with van der Waals surface area (Å²) in [6.07, 6.45) is 6.82. The van der Waals surface area contributed by atoms with Crippen LogP contribution in [-0.2, 0) is 14.8 Å². The minimum Gasteiger partial charge on any atom is -0.350 e. The summed E-state index contributed by atoms with van der Waals surface area (Å²) in [5.74, 6) is 0.369. The molecule has 0 aliphatic heterocycles. The topological polar surface area (TPSA) is 66.5 Å². The van der Waals surface area contributed by atoms with Crippen LogP contribution in [0.1, 0.15) is 37.8 Å². The fraction of sp³-hybridized carbons (Fsp3) is 0.471. The van der Waals surface area contributed by atoms with Crippen molar-refractivity contribution in [2.24, 2.45) is 5.92 Å². The fourth-order valence-corrected chi connectivity index (χ4v) is 3.53. The summed E-state index contributed by atoms with van der Waals surface area (Å²) in [4.78, 5) is 12.3. The van der Waals surface area contributed by atoms with Crippen molar-refractivity contribution in [2.45, 2.75) is 37.1 Å². The summed E-state index contributed by atoms with van der Waals surface area (Å²) in [6.45, 7) is 1.90. The minimum atomic E-state index is -3.42. The minimum absolute atomic E-state index is 0.0269. The molecule has 0 radical (unpaired) electrons. The lowest BCUT2D eigenvalue weighted by Gasteiger charge is -2.17. The number of hydrogen-bond donors (Lipinski definition) is 1. The second-order valence-corrected chi connectivity index (χ2v) is 8.27. The number of amides is 1. The van der Waals surface area contributed by atoms with Crippen LogP contribution in [0.4, 0.5) is 0 Å². The van der Waals surface area contributed by atoms with E-state index in [1.807, 2.05) is 6.92 Å². The first kappa shape index (κ1) is 17.7. The lowest BCUT2D eigenvalue weighted by Crippen LogP contribution is -2.28. The van der Waals surface area contributed by atoms with Crippen molar-refractivity contribution in [3.8, 4) is 0 Å². The van der Waals surface area contributed by atoms with E-state index in [2.05, 4.69) is 17.5 Å². The van der Waals surface area contributed by atoms with Gasteiger partial charge in [0, 0.05) is 20.5 Å². The van der Waals surface area contributed by atoms with Gasteiger partial charge in [-0.25, -0.2) is 12.7 Å². The number of sulfonamides is 1. The predicted molar refractivity (Wildman–Crippen MR) is 90.4 cm³/mol. The highest BCUT2D eigenvalue weighted by Gasteiger charge is 2.19. The van der Waals surface area contributed by atoms with Gasteiger partial charge in [0.05, 0.1) is 10.9 Å². The van der Waals surface area contributed by atoms with Crippen LogP contribution in [0.2, 0.25) is 0 Å². The van der Waals surface area contributed by atoms with Crippen LogP contribution in [0.5, 0.6) is 0 Å². The molecular formula is C17H24N2O3S. The number of allylic oxidation sites excluding steroid dienone is 2. The molecule has 1 N–H and O–H groups in total. The molecule has 2 rings (SSSR count). The van der Waals surface area contributed by atoms with Crippen molar-refractivity contribution in [3.05, 3.63) is 42.0 Å². The maximum Gasteiger partial charge on any atom is 0.242 e. The third-order valence-electron chi connectivity index (χ3n) is 4.10. The molecule has 1 aromatic carbocycles. The summed E-state index contributed by atoms with van der Waals surface area (Å²) >= 11 is 0. The molecule has 6 heteroatoms. The van der Waals surface area contributed by atoms with Gasteiger partial charge in [-0.2, -0.15) is 0 Å². The van der Waals surface area contributed by atoms with Gasteiger partial charge in [0.15, 0.2) is 0 Å². The Hall–Kier alpha value is -1.66. The van der Waals surface area contributed by atoms with Crippen molar-refractivity contribution in [1.82, 2.24) is 9.62 Å². The Kier molecular flexibility index (Phi) is 5.59. The Labute approximate surface area is 138 Å². The van der Waals surface area contributed by atoms with Crippen molar-refractivity contribution in [2.75, 3.05) is 14.1 Å². The zero-order valence-electron chi connectivity index (χ0n) is 13.8. The number of rotatable bonds is 6. The van der Waals surface area contributed by atoms with Gasteiger partial charge in [-0.15, -0.1) is 0 Å². The van der Waals surface area contributed by atoms with Crippen LogP contribution in [0, 0.1) is 5.92 Å². The zero-order valence-corrected chi connectivity index (χ0v) is 14.6. The number of carbonyl (C=O) groups excluding carboxylic acids is 1. The highest BCUT2D eigenvalue weighted by molar-refractivity contribution is 7.89. The van der Waals surface area contributed by atoms with Gasteiger partial charge in [0.2, 0.25) is 15.9 Å². The number of hydrogen-bond acceptors (Lipinski definition) is 3. The quantitative estimate of drug-likeness (QED) is 0.812. The van der Waals surface area contributed by atoms with Crippen molar-refractivity contribution >= 4 is 15.9 Å². The van der Waals surface area contributed by atoms with Crippen LogP contribution in [0.3, 0.4) is 0 Å². The molecule has 2 atom stereocenters. The first-order valence-electron chi connectivity index (χ1n) is 7.79. The second-order valence-electron chi connectivity index (χ2n) is 6.12. The molecule has 126 valence electrons. The fourth-order valence-electron chi connectivity index (χ4n) is 2.63. The molecule has 0 heterocycles. The standard InChI is InChI=1S/C17H24N2O3S/c1-13(18-17(20)12-14-6-4-5-7-14)15-8-10-16(11-9-15)23(21,22)19(2)3/h4,6,8-11,13-14H,5,7,12H2,1-3H3,(H,18,20)/t13-,14+/m1/s1. The van der Waals surface area contributed by atoms with Crippen LogP contribution in [0.25, 0.3) is 0 Å². The van der Waals surface area contributed by atoms with Crippen molar-refractivity contribution in [1.29, 1.82) is 0 Å². The largest absolute Gasteiger partial charge is 0.350 e. The van der Waals surface area contributed by atoms with Crippen LogP contribution in [-0.4, -0.2) is 32.7 Å². The van der Waals surface area contributed by atoms with E-state index in [1.165, 1.54) is 18.4 Å². The Balaban J connectivity index is 1.98. The van der Waals surface area contributed by atoms with E-state index >= 15 is 0 Å². The van der Waals surface area contributed by atoms with E-state index in [4.69, 9.17) is 0 Å². The van der Waals surface area contributed by atoms with Gasteiger partial charge in [-0.05, 0) is 43.4 Å². The van der Waals surface area contributed by atoms with Gasteiger partial charge in [-0.1, -0.05) is 24.3 Å². The SMILES string of the molecule is C[C@@H](NC(=O)C[C@H]1C=CCC1)c1ccc(S(=O)(=O)N(C)C)cc1. The highest BCUT2D eigenvalue weighted by atomic mass is 32.2. The Morgan fingerprint density at radius 3 is 2.48 bits per heavy atom. The molecule has 0 spiro atoms. The molecule has 1 aromatic rings. The van der Waals surface area contributed by atoms with E-state index in [0.717, 1.165) is 18.4 Å². The maximum absolute atomic E-state index is 12.1. The lowest BCUT2D eigenvalue weighted by molar-refractivity contribution is -0.122. The Morgan fingerprint density at radius 1 is 1.30 bits per heavy atom. The number of nitrogens with zero attached hydrogens (tertiary/aromatic N) is 1. The highest BCUT2D eigenvalue weighted by Crippen LogP contribution is 2.22. The normalized spacial score (nSPS) is 19.0. The van der Waals surface area contributed by atoms with E-state index < -0.39 is 10.0 Å². The van der Waals surface area contributed by atoms with E-state index in [0.29, 0.717) is 12.3 Å². The number of nitrogens with one attached hydrogen (secondary N) is 1. The van der Waals surface area contributed by atoms with Gasteiger partial charge in [0.25, 0.3) is 0 Å². The monoisotopic (exact) mass is 336 g/mol. The smallest absolute Gasteiger partial charge is 0.242 e. The molecule has 0 bridgehead atoms. The number of carbonyl (C=O) groups is 1. The van der Waals surface area contributed by atoms with Crippen molar-refractivity contribution < 1.29 is 13.2 Å². The third kappa shape index (κ3) is 4.42. The molecule has 1 aliphatic rings. The molecule has 0 unspecified atom stereocenters. The summed E-state index contributed by atoms with van der Waals surface area (Å²) in [6, 6.07) is 6.50. The third-order valence-corrected chi connectivity index (χ3v) is 5.93. The lowest BCUT2D eigenvalue weighted by atomic mass is 10.0. The Morgan fingerprint density at radius 2 is 1.96 bits per heavy atom. The Bertz CT molecular complexity index is 678. The average Bonchev–Trinajstić information content (AvgIpc) is 2.99. The van der Waals surface area contributed by atoms with Crippen LogP contribution in [0.15, 0.2) is 41.3 Å². The van der Waals surface area contributed by atoms with Gasteiger partial charge in [-0.3, -0.25) is 4.79 Å². The first-order chi connectivity index (χ1) is 10.8. The molecule has 0 aromatic heterocycles. The number of benzene rings is 1. The zero-order chi connectivity index (χ0) is 17.0. The summed E-state index contributed by atoms with van der Waals surface area (Å²) < 4.78 is 25.3. The van der Waals surface area contributed by atoms with E-state index in [9.17, 15) is 13.2 Å². The van der Waals surface area contributed by atoms with Gasteiger partial charge in [0.1, 0.15) is 0 Å². The molecule has 0 saturated carbocycles. The molecule has 1 amide bonds. The maximum atomic E-state index is 12.1. The summed E-state index contributed by atoms with van der Waals surface area (Å²) in [7, 11) is -0.413. The molecule has 1 aliphatic carbocycles. The molecular weight excluding hydrogens is 312 g/mol. The first-order valence-corrected chi connectivity index (χ1v) is 9.23. The van der Waals surface area contributed by atoms with Gasteiger partial charge >= 0.3 is 0 Å². The average molecular weight is 336 g/mol. The van der Waals surface area contributed by atoms with Crippen LogP contribution >= 0.6 is 0 Å². The second kappa shape index (κ2) is 7.27. The van der Waals surface area contributed by atoms with E-state index in [1.54, 1.807) is 24.3 Å².